The number of aromatic nitrogens is 2. The minimum atomic E-state index is 0.0642. The topological polar surface area (TPSA) is 53.9 Å². The molecule has 6 aromatic carbocycles. The van der Waals surface area contributed by atoms with Gasteiger partial charge in [0.1, 0.15) is 6.07 Å². The van der Waals surface area contributed by atoms with Gasteiger partial charge in [0, 0.05) is 0 Å². The average Bonchev–Trinajstić information content (AvgIpc) is 3.00. The summed E-state index contributed by atoms with van der Waals surface area (Å²) in [6, 6.07) is 35.7. The minimum absolute atomic E-state index is 0.0642. The van der Waals surface area contributed by atoms with Crippen molar-refractivity contribution in [1.29, 1.82) is 5.26 Å². The molecule has 1 heterocycles. The van der Waals surface area contributed by atoms with Gasteiger partial charge in [-0.3, -0.25) is 0 Å². The Morgan fingerprint density at radius 1 is 0.600 bits per heavy atom. The van der Waals surface area contributed by atoms with Crippen LogP contribution in [0.1, 0.15) is 51.0 Å². The first kappa shape index (κ1) is 21.4. The van der Waals surface area contributed by atoms with Crippen LogP contribution in [0.3, 0.4) is 0 Å². The zero-order valence-electron chi connectivity index (χ0n) is 21.2. The standard InChI is InChI=1S/C36H18N4/c1-38-34-26-13-7-2-8-21(26)29(18-37)27-14-19-16-30-31(17-20(19)15-28(27)34)40-36-33-24-11-5-3-9-22(24)32(35(36)39-30)23-10-4-6-12-25(23)33/h2-17,32-33H. The Labute approximate surface area is 229 Å². The van der Waals surface area contributed by atoms with Crippen molar-refractivity contribution in [3.05, 3.63) is 148 Å². The molecule has 0 unspecified atom stereocenters. The monoisotopic (exact) mass is 506 g/mol. The van der Waals surface area contributed by atoms with Crippen LogP contribution in [0.15, 0.2) is 97.1 Å². The van der Waals surface area contributed by atoms with E-state index in [1.165, 1.54) is 22.3 Å². The van der Waals surface area contributed by atoms with Crippen molar-refractivity contribution in [1.82, 2.24) is 9.97 Å². The maximum Gasteiger partial charge on any atom is 0.202 e. The van der Waals surface area contributed by atoms with E-state index in [1.54, 1.807) is 0 Å². The van der Waals surface area contributed by atoms with Crippen LogP contribution < -0.4 is 0 Å². The molecule has 0 radical (unpaired) electrons. The van der Waals surface area contributed by atoms with Crippen molar-refractivity contribution >= 4 is 49.0 Å². The second-order valence-electron chi connectivity index (χ2n) is 10.7. The molecule has 4 nitrogen and oxygen atoms in total. The molecule has 7 aromatic rings. The SMILES string of the molecule is [C-]#[N+]c1c2ccccc2c(C#N)c2cc3cc4nc5c(nc4cc3cc12)C1c2ccccc2C5c2ccccc21. The molecule has 0 saturated heterocycles. The summed E-state index contributed by atoms with van der Waals surface area (Å²) in [6.07, 6.45) is 0. The molecular weight excluding hydrogens is 488 g/mol. The number of fused-ring (bicyclic) bond motifs is 4. The van der Waals surface area contributed by atoms with Crippen molar-refractivity contribution in [3.63, 3.8) is 0 Å². The predicted octanol–water partition coefficient (Wildman–Crippen LogP) is 8.50. The normalized spacial score (nSPS) is 16.4. The van der Waals surface area contributed by atoms with Crippen LogP contribution in [0.5, 0.6) is 0 Å². The summed E-state index contributed by atoms with van der Waals surface area (Å²) < 4.78 is 0. The van der Waals surface area contributed by atoms with E-state index in [1.807, 2.05) is 36.4 Å². The molecule has 0 spiro atoms. The van der Waals surface area contributed by atoms with Crippen molar-refractivity contribution in [3.8, 4) is 6.07 Å². The molecule has 10 rings (SSSR count). The first-order valence-electron chi connectivity index (χ1n) is 13.3. The fourth-order valence-corrected chi connectivity index (χ4v) is 7.14. The van der Waals surface area contributed by atoms with Crippen LogP contribution in [-0.2, 0) is 0 Å². The van der Waals surface area contributed by atoms with E-state index in [0.717, 1.165) is 54.7 Å². The molecule has 2 bridgehead atoms. The quantitative estimate of drug-likeness (QED) is 0.153. The lowest BCUT2D eigenvalue weighted by Gasteiger charge is -2.40. The van der Waals surface area contributed by atoms with Gasteiger partial charge in [-0.05, 0) is 72.8 Å². The van der Waals surface area contributed by atoms with Gasteiger partial charge < -0.3 is 0 Å². The molecule has 40 heavy (non-hydrogen) atoms. The van der Waals surface area contributed by atoms with E-state index in [0.29, 0.717) is 11.3 Å². The lowest BCUT2D eigenvalue weighted by Crippen LogP contribution is -2.29. The Kier molecular flexibility index (Phi) is 4.01. The van der Waals surface area contributed by atoms with Crippen molar-refractivity contribution < 1.29 is 0 Å². The second-order valence-corrected chi connectivity index (χ2v) is 10.7. The van der Waals surface area contributed by atoms with Crippen LogP contribution in [0.4, 0.5) is 5.69 Å². The molecule has 0 aliphatic heterocycles. The largest absolute Gasteiger partial charge is 0.248 e. The second kappa shape index (κ2) is 7.50. The van der Waals surface area contributed by atoms with Gasteiger partial charge in [-0.1, -0.05) is 78.9 Å². The predicted molar refractivity (Wildman–Crippen MR) is 158 cm³/mol. The van der Waals surface area contributed by atoms with Gasteiger partial charge in [0.15, 0.2) is 0 Å². The molecule has 3 aliphatic carbocycles. The maximum absolute atomic E-state index is 10.1. The van der Waals surface area contributed by atoms with E-state index < -0.39 is 0 Å². The molecule has 0 N–H and O–H groups in total. The minimum Gasteiger partial charge on any atom is -0.248 e. The summed E-state index contributed by atoms with van der Waals surface area (Å²) in [4.78, 5) is 14.5. The van der Waals surface area contributed by atoms with Gasteiger partial charge in [0.25, 0.3) is 0 Å². The number of nitrogens with zero attached hydrogens (tertiary/aromatic N) is 4. The van der Waals surface area contributed by atoms with E-state index in [-0.39, 0.29) is 11.8 Å². The fraction of sp³-hybridized carbons (Fsp3) is 0.0556. The first-order valence-corrected chi connectivity index (χ1v) is 13.3. The highest BCUT2D eigenvalue weighted by molar-refractivity contribution is 6.18. The molecule has 182 valence electrons. The van der Waals surface area contributed by atoms with Gasteiger partial charge in [-0.15, -0.1) is 0 Å². The van der Waals surface area contributed by atoms with Crippen molar-refractivity contribution in [2.24, 2.45) is 0 Å². The summed E-state index contributed by atoms with van der Waals surface area (Å²) >= 11 is 0. The van der Waals surface area contributed by atoms with E-state index in [9.17, 15) is 5.26 Å². The van der Waals surface area contributed by atoms with E-state index >= 15 is 0 Å². The summed E-state index contributed by atoms with van der Waals surface area (Å²) in [5.41, 5.74) is 10.2. The van der Waals surface area contributed by atoms with Crippen LogP contribution in [-0.4, -0.2) is 9.97 Å². The third-order valence-corrected chi connectivity index (χ3v) is 8.80. The molecule has 0 saturated carbocycles. The third-order valence-electron chi connectivity index (χ3n) is 8.80. The molecule has 0 amide bonds. The Morgan fingerprint density at radius 2 is 1.07 bits per heavy atom. The van der Waals surface area contributed by atoms with Gasteiger partial charge in [-0.25, -0.2) is 14.8 Å². The number of benzene rings is 6. The van der Waals surface area contributed by atoms with Gasteiger partial charge in [0.05, 0.1) is 46.4 Å². The lowest BCUT2D eigenvalue weighted by molar-refractivity contribution is 0.709. The number of hydrogen-bond acceptors (Lipinski definition) is 3. The molecule has 1 aromatic heterocycles. The van der Waals surface area contributed by atoms with E-state index in [4.69, 9.17) is 16.5 Å². The fourth-order valence-electron chi connectivity index (χ4n) is 7.14. The molecule has 0 atom stereocenters. The average molecular weight is 507 g/mol. The molecule has 3 aliphatic rings. The highest BCUT2D eigenvalue weighted by Crippen LogP contribution is 2.54. The Hall–Kier alpha value is -5.58. The van der Waals surface area contributed by atoms with Gasteiger partial charge in [0.2, 0.25) is 5.69 Å². The van der Waals surface area contributed by atoms with Gasteiger partial charge in [-0.2, -0.15) is 5.26 Å². The Balaban J connectivity index is 1.36. The lowest BCUT2D eigenvalue weighted by atomic mass is 9.64. The van der Waals surface area contributed by atoms with Crippen LogP contribution in [0.2, 0.25) is 0 Å². The van der Waals surface area contributed by atoms with Crippen molar-refractivity contribution in [2.45, 2.75) is 11.8 Å². The molecule has 0 fully saturated rings. The zero-order chi connectivity index (χ0) is 26.5. The highest BCUT2D eigenvalue weighted by atomic mass is 14.9. The summed E-state index contributed by atoms with van der Waals surface area (Å²) in [5, 5.41) is 15.3. The summed E-state index contributed by atoms with van der Waals surface area (Å²) in [6.45, 7) is 7.97. The summed E-state index contributed by atoms with van der Waals surface area (Å²) in [5.74, 6) is 0.129. The maximum atomic E-state index is 10.1. The summed E-state index contributed by atoms with van der Waals surface area (Å²) in [7, 11) is 0. The van der Waals surface area contributed by atoms with Crippen LogP contribution in [0.25, 0.3) is 48.2 Å². The van der Waals surface area contributed by atoms with Crippen LogP contribution in [0, 0.1) is 17.9 Å². The highest BCUT2D eigenvalue weighted by Gasteiger charge is 2.43. The number of nitriles is 1. The Bertz CT molecular complexity index is 2160. The molecular formula is C36H18N4. The smallest absolute Gasteiger partial charge is 0.202 e. The third kappa shape index (κ3) is 2.58. The number of hydrogen-bond donors (Lipinski definition) is 0. The number of rotatable bonds is 0. The Morgan fingerprint density at radius 3 is 1.57 bits per heavy atom. The first-order chi connectivity index (χ1) is 19.7. The van der Waals surface area contributed by atoms with Gasteiger partial charge >= 0.3 is 0 Å². The van der Waals surface area contributed by atoms with Crippen LogP contribution >= 0.6 is 0 Å². The van der Waals surface area contributed by atoms with E-state index in [2.05, 4.69) is 71.6 Å². The molecule has 4 heteroatoms. The van der Waals surface area contributed by atoms with Crippen molar-refractivity contribution in [2.75, 3.05) is 0 Å². The zero-order valence-corrected chi connectivity index (χ0v) is 21.2.